The minimum atomic E-state index is -0.133. The molecule has 0 saturated heterocycles. The van der Waals surface area contributed by atoms with Crippen molar-refractivity contribution in [2.45, 2.75) is 26.7 Å². The predicted octanol–water partition coefficient (Wildman–Crippen LogP) is 5.19. The van der Waals surface area contributed by atoms with Gasteiger partial charge in [-0.3, -0.25) is 4.79 Å². The van der Waals surface area contributed by atoms with E-state index in [1.54, 1.807) is 12.1 Å². The Balaban J connectivity index is 2.07. The fourth-order valence-electron chi connectivity index (χ4n) is 2.02. The van der Waals surface area contributed by atoms with Crippen LogP contribution in [0.25, 0.3) is 0 Å². The number of benzene rings is 2. The Labute approximate surface area is 139 Å². The summed E-state index contributed by atoms with van der Waals surface area (Å²) in [5, 5.41) is 2.93. The highest BCUT2D eigenvalue weighted by Gasteiger charge is 2.09. The van der Waals surface area contributed by atoms with E-state index < -0.39 is 0 Å². The van der Waals surface area contributed by atoms with E-state index in [1.807, 2.05) is 37.3 Å². The van der Waals surface area contributed by atoms with Crippen molar-refractivity contribution >= 4 is 27.5 Å². The molecule has 0 aliphatic carbocycles. The third-order valence-corrected chi connectivity index (χ3v) is 3.79. The Morgan fingerprint density at radius 2 is 2.05 bits per heavy atom. The van der Waals surface area contributed by atoms with E-state index in [-0.39, 0.29) is 5.91 Å². The third-order valence-electron chi connectivity index (χ3n) is 3.30. The minimum absolute atomic E-state index is 0.133. The number of hydrogen-bond donors (Lipinski definition) is 1. The van der Waals surface area contributed by atoms with Crippen LogP contribution in [-0.4, -0.2) is 12.5 Å². The Morgan fingerprint density at radius 1 is 1.23 bits per heavy atom. The van der Waals surface area contributed by atoms with Crippen molar-refractivity contribution in [3.63, 3.8) is 0 Å². The molecule has 3 nitrogen and oxygen atoms in total. The number of carbonyl (C=O) groups is 1. The molecule has 0 saturated carbocycles. The summed E-state index contributed by atoms with van der Waals surface area (Å²) in [6.07, 6.45) is 2.09. The molecule has 2 rings (SSSR count). The number of aryl methyl sites for hydroxylation is 1. The van der Waals surface area contributed by atoms with E-state index in [9.17, 15) is 4.79 Å². The summed E-state index contributed by atoms with van der Waals surface area (Å²) < 4.78 is 6.64. The van der Waals surface area contributed by atoms with Gasteiger partial charge in [0.05, 0.1) is 6.61 Å². The van der Waals surface area contributed by atoms with Crippen LogP contribution in [-0.2, 0) is 0 Å². The summed E-state index contributed by atoms with van der Waals surface area (Å²) in [4.78, 5) is 12.4. The highest BCUT2D eigenvalue weighted by atomic mass is 79.9. The first-order valence-corrected chi connectivity index (χ1v) is 8.20. The summed E-state index contributed by atoms with van der Waals surface area (Å²) in [6, 6.07) is 13.0. The summed E-state index contributed by atoms with van der Waals surface area (Å²) in [5.41, 5.74) is 2.42. The van der Waals surface area contributed by atoms with Gasteiger partial charge in [-0.1, -0.05) is 35.3 Å². The highest BCUT2D eigenvalue weighted by Crippen LogP contribution is 2.21. The van der Waals surface area contributed by atoms with Gasteiger partial charge >= 0.3 is 0 Å². The second kappa shape index (κ2) is 7.99. The molecule has 0 spiro atoms. The lowest BCUT2D eigenvalue weighted by Gasteiger charge is -2.10. The van der Waals surface area contributed by atoms with Gasteiger partial charge in [-0.2, -0.15) is 0 Å². The van der Waals surface area contributed by atoms with Crippen LogP contribution in [0.4, 0.5) is 5.69 Å². The lowest BCUT2D eigenvalue weighted by atomic mass is 10.1. The fourth-order valence-corrected chi connectivity index (χ4v) is 2.50. The zero-order chi connectivity index (χ0) is 15.9. The normalized spacial score (nSPS) is 10.3. The van der Waals surface area contributed by atoms with Gasteiger partial charge in [0.1, 0.15) is 5.75 Å². The van der Waals surface area contributed by atoms with E-state index in [2.05, 4.69) is 28.2 Å². The van der Waals surface area contributed by atoms with Gasteiger partial charge in [-0.15, -0.1) is 0 Å². The topological polar surface area (TPSA) is 38.3 Å². The number of rotatable bonds is 6. The number of hydrogen-bond acceptors (Lipinski definition) is 2. The van der Waals surface area contributed by atoms with Crippen LogP contribution in [0.15, 0.2) is 46.9 Å². The standard InChI is InChI=1S/C18H20BrNO2/c1-3-4-10-22-16-7-5-6-14(12-16)18(21)20-17-9-8-15(19)11-13(17)2/h5-9,11-12H,3-4,10H2,1-2H3,(H,20,21). The number of nitrogens with one attached hydrogen (secondary N) is 1. The van der Waals surface area contributed by atoms with Crippen LogP contribution in [0.5, 0.6) is 5.75 Å². The predicted molar refractivity (Wildman–Crippen MR) is 93.7 cm³/mol. The first-order chi connectivity index (χ1) is 10.6. The van der Waals surface area contributed by atoms with Crippen molar-refractivity contribution in [3.05, 3.63) is 58.1 Å². The molecule has 0 heterocycles. The second-order valence-corrected chi connectivity index (χ2v) is 6.06. The third kappa shape index (κ3) is 4.60. The molecule has 116 valence electrons. The monoisotopic (exact) mass is 361 g/mol. The van der Waals surface area contributed by atoms with E-state index in [0.717, 1.165) is 34.3 Å². The minimum Gasteiger partial charge on any atom is -0.494 e. The van der Waals surface area contributed by atoms with Gasteiger partial charge in [-0.25, -0.2) is 0 Å². The second-order valence-electron chi connectivity index (χ2n) is 5.14. The van der Waals surface area contributed by atoms with Crippen LogP contribution < -0.4 is 10.1 Å². The SMILES string of the molecule is CCCCOc1cccc(C(=O)Nc2ccc(Br)cc2C)c1. The number of amides is 1. The van der Waals surface area contributed by atoms with Crippen molar-refractivity contribution < 1.29 is 9.53 Å². The quantitative estimate of drug-likeness (QED) is 0.719. The summed E-state index contributed by atoms with van der Waals surface area (Å²) >= 11 is 3.42. The molecule has 0 unspecified atom stereocenters. The van der Waals surface area contributed by atoms with Crippen LogP contribution in [0.1, 0.15) is 35.7 Å². The molecule has 1 amide bonds. The van der Waals surface area contributed by atoms with Crippen molar-refractivity contribution in [2.75, 3.05) is 11.9 Å². The summed E-state index contributed by atoms with van der Waals surface area (Å²) in [6.45, 7) is 4.76. The molecule has 0 fully saturated rings. The Morgan fingerprint density at radius 3 is 2.77 bits per heavy atom. The molecule has 0 aliphatic heterocycles. The van der Waals surface area contributed by atoms with Crippen LogP contribution in [0, 0.1) is 6.92 Å². The highest BCUT2D eigenvalue weighted by molar-refractivity contribution is 9.10. The van der Waals surface area contributed by atoms with E-state index in [0.29, 0.717) is 12.2 Å². The molecule has 22 heavy (non-hydrogen) atoms. The van der Waals surface area contributed by atoms with Crippen LogP contribution >= 0.6 is 15.9 Å². The Bertz CT molecular complexity index is 655. The molecule has 4 heteroatoms. The molecule has 0 aromatic heterocycles. The Kier molecular flexibility index (Phi) is 6.01. The molecular weight excluding hydrogens is 342 g/mol. The van der Waals surface area contributed by atoms with Crippen LogP contribution in [0.3, 0.4) is 0 Å². The largest absolute Gasteiger partial charge is 0.494 e. The first kappa shape index (κ1) is 16.6. The van der Waals surface area contributed by atoms with Crippen molar-refractivity contribution in [1.82, 2.24) is 0 Å². The average molecular weight is 362 g/mol. The van der Waals surface area contributed by atoms with Gasteiger partial charge in [0.25, 0.3) is 5.91 Å². The number of carbonyl (C=O) groups excluding carboxylic acids is 1. The van der Waals surface area contributed by atoms with Crippen molar-refractivity contribution in [1.29, 1.82) is 0 Å². The maximum absolute atomic E-state index is 12.4. The van der Waals surface area contributed by atoms with E-state index in [1.165, 1.54) is 0 Å². The number of anilines is 1. The van der Waals surface area contributed by atoms with E-state index >= 15 is 0 Å². The lowest BCUT2D eigenvalue weighted by molar-refractivity contribution is 0.102. The molecule has 2 aromatic carbocycles. The van der Waals surface area contributed by atoms with Gasteiger partial charge < -0.3 is 10.1 Å². The summed E-state index contributed by atoms with van der Waals surface area (Å²) in [5.74, 6) is 0.597. The fraction of sp³-hybridized carbons (Fsp3) is 0.278. The molecule has 1 N–H and O–H groups in total. The zero-order valence-corrected chi connectivity index (χ0v) is 14.4. The molecular formula is C18H20BrNO2. The van der Waals surface area contributed by atoms with Gasteiger partial charge in [0.15, 0.2) is 0 Å². The van der Waals surface area contributed by atoms with Gasteiger partial charge in [-0.05, 0) is 55.3 Å². The van der Waals surface area contributed by atoms with Gasteiger partial charge in [0, 0.05) is 15.7 Å². The average Bonchev–Trinajstić information content (AvgIpc) is 2.50. The Hall–Kier alpha value is -1.81. The zero-order valence-electron chi connectivity index (χ0n) is 12.9. The van der Waals surface area contributed by atoms with Crippen molar-refractivity contribution in [2.24, 2.45) is 0 Å². The molecule has 0 aliphatic rings. The molecule has 0 atom stereocenters. The maximum Gasteiger partial charge on any atom is 0.255 e. The number of unbranched alkanes of at least 4 members (excludes halogenated alkanes) is 1. The molecule has 0 bridgehead atoms. The number of halogens is 1. The van der Waals surface area contributed by atoms with Gasteiger partial charge in [0.2, 0.25) is 0 Å². The van der Waals surface area contributed by atoms with E-state index in [4.69, 9.17) is 4.74 Å². The lowest BCUT2D eigenvalue weighted by Crippen LogP contribution is -2.13. The molecule has 2 aromatic rings. The van der Waals surface area contributed by atoms with Crippen LogP contribution in [0.2, 0.25) is 0 Å². The first-order valence-electron chi connectivity index (χ1n) is 7.40. The molecule has 0 radical (unpaired) electrons. The summed E-state index contributed by atoms with van der Waals surface area (Å²) in [7, 11) is 0. The van der Waals surface area contributed by atoms with Crippen molar-refractivity contribution in [3.8, 4) is 5.75 Å². The smallest absolute Gasteiger partial charge is 0.255 e. The number of ether oxygens (including phenoxy) is 1. The maximum atomic E-state index is 12.4.